The number of rotatable bonds is 12. The molecule has 0 aliphatic carbocycles. The average molecular weight is 1700 g/mol. The molecule has 0 radical (unpaired) electrons. The van der Waals surface area contributed by atoms with Gasteiger partial charge in [-0.1, -0.05) is 213 Å². The quantitative estimate of drug-likeness (QED) is 0.0186. The Kier molecular flexibility index (Phi) is 42.1. The number of benzene rings is 10. The number of nitrogen functional groups attached to an aromatic ring is 1. The van der Waals surface area contributed by atoms with E-state index in [1.165, 1.54) is 34.4 Å². The zero-order valence-corrected chi connectivity index (χ0v) is 70.4. The molecule has 0 aliphatic heterocycles. The second kappa shape index (κ2) is 48.3. The third-order valence-electron chi connectivity index (χ3n) is 14.4. The van der Waals surface area contributed by atoms with Crippen LogP contribution in [0.3, 0.4) is 0 Å². The van der Waals surface area contributed by atoms with Gasteiger partial charge in [0.25, 0.3) is 0 Å². The topological polar surface area (TPSA) is 289 Å². The number of anilines is 5. The summed E-state index contributed by atoms with van der Waals surface area (Å²) in [6.45, 7) is 40.4. The molecule has 114 heavy (non-hydrogen) atoms. The summed E-state index contributed by atoms with van der Waals surface area (Å²) in [5, 5.41) is 28.2. The van der Waals surface area contributed by atoms with Gasteiger partial charge in [0, 0.05) is 66.6 Å². The van der Waals surface area contributed by atoms with Gasteiger partial charge >= 0.3 is 31.5 Å². The molecular weight excluding hydrogens is 1590 g/mol. The first-order valence-electron chi connectivity index (χ1n) is 35.6. The standard InChI is InChI=1S/C19H23NO2.C18H18N2O2.C18H22N2O2.C14H15N.C11H14BrNO2.C7H6BNO2.CH3ClO2S.CH4.Ni/c1-5-14-9-11-15(12-10-14)16-7-6-8-17(13-16)20-18(21)22-19(2,3)4;1-18(2,3)22-17(21)20-16-7-5-6-14(12-16)13-8-10-15(19-4)11-9-13;1-18(2,3)22-17(21)20-16-6-4-5-15(11-16)14-9-7-13(12-19)8-10-14;1-2-11-6-8-12(9-7-11)13-4-3-5-14(15)10-13;1-11(2,3)15-10(14)13-9-6-4-5-8(12)7-9;1-9-7-4-2-6(3-5-7)8(10)11;1-5(2,3)4;;/h6-13H,5H2,1-4H3,(H,20,21);5-12H,1-3H3,(H,20,21);4-11H,12,19H2,1-3H3,(H,20,21);3-10H,2,15H2,1H3;4-7H,1-3H3,(H,13,14);2-5,10-11H;1H3;1H4;. The number of ether oxygens (including phenoxy) is 4. The summed E-state index contributed by atoms with van der Waals surface area (Å²) in [4.78, 5) is 53.4. The van der Waals surface area contributed by atoms with Crippen LogP contribution in [0.2, 0.25) is 0 Å². The third-order valence-corrected chi connectivity index (χ3v) is 14.9. The molecule has 25 heteroatoms. The number of aryl methyl sites for hydroxylation is 2. The minimum absolute atomic E-state index is 0. The van der Waals surface area contributed by atoms with Crippen LogP contribution in [0.5, 0.6) is 0 Å². The molecule has 0 heterocycles. The van der Waals surface area contributed by atoms with Crippen LogP contribution in [0, 0.1) is 13.1 Å². The van der Waals surface area contributed by atoms with Gasteiger partial charge in [-0.15, -0.1) is 0 Å². The van der Waals surface area contributed by atoms with Crippen molar-refractivity contribution in [3.05, 3.63) is 287 Å². The first kappa shape index (κ1) is 99.3. The summed E-state index contributed by atoms with van der Waals surface area (Å²) in [7, 11) is -0.141. The summed E-state index contributed by atoms with van der Waals surface area (Å²) in [5.41, 5.74) is 26.9. The van der Waals surface area contributed by atoms with Crippen molar-refractivity contribution in [2.75, 3.05) is 33.3 Å². The van der Waals surface area contributed by atoms with Gasteiger partial charge in [-0.25, -0.2) is 37.3 Å². The van der Waals surface area contributed by atoms with Crippen molar-refractivity contribution in [2.24, 2.45) is 5.73 Å². The Balaban J connectivity index is 0.000000463. The molecule has 4 amide bonds. The van der Waals surface area contributed by atoms with Crippen LogP contribution in [0.25, 0.3) is 54.2 Å². The van der Waals surface area contributed by atoms with Crippen LogP contribution in [0.15, 0.2) is 247 Å². The van der Waals surface area contributed by atoms with Crippen molar-refractivity contribution in [3.8, 4) is 44.5 Å². The van der Waals surface area contributed by atoms with Crippen LogP contribution in [0.4, 0.5) is 59.0 Å². The van der Waals surface area contributed by atoms with Crippen molar-refractivity contribution >= 4 is 112 Å². The Morgan fingerprint density at radius 1 is 0.430 bits per heavy atom. The van der Waals surface area contributed by atoms with Crippen molar-refractivity contribution < 1.29 is 73.1 Å². The predicted octanol–water partition coefficient (Wildman–Crippen LogP) is 22.7. The molecule has 10 N–H and O–H groups in total. The SMILES string of the molecule is C.CC(C)(C)OC(=O)Nc1cccc(-c2ccc(CN)cc2)c1.CC(C)(C)OC(=O)Nc1cccc(Br)c1.CCc1ccc(-c2cccc(N)c2)cc1.CCc1ccc(-c2cccc(NC(=O)OC(C)(C)C)c2)cc1.CS(=O)(=O)Cl.[C-]#[N+]c1ccc(-c2cccc(NC(=O)OC(C)(C)C)c2)cc1.[C-]#[N+]c1ccc(B(O)O)cc1.[Ni]. The molecule has 0 saturated heterocycles. The van der Waals surface area contributed by atoms with E-state index in [0.717, 1.165) is 73.9 Å². The number of carbonyl (C=O) groups is 4. The Bertz CT molecular complexity index is 4730. The maximum absolute atomic E-state index is 11.8. The van der Waals surface area contributed by atoms with Crippen molar-refractivity contribution in [1.82, 2.24) is 0 Å². The smallest absolute Gasteiger partial charge is 0.444 e. The number of nitrogens with two attached hydrogens (primary N) is 2. The average Bonchev–Trinajstić information content (AvgIpc) is 0.844. The van der Waals surface area contributed by atoms with E-state index in [1.807, 2.05) is 223 Å². The van der Waals surface area contributed by atoms with Gasteiger partial charge in [0.15, 0.2) is 11.4 Å². The Hall–Kier alpha value is -10.8. The molecule has 0 spiro atoms. The van der Waals surface area contributed by atoms with E-state index in [4.69, 9.17) is 53.6 Å². The van der Waals surface area contributed by atoms with Crippen LogP contribution in [-0.4, -0.2) is 78.6 Å². The molecule has 10 aromatic carbocycles. The zero-order chi connectivity index (χ0) is 83.4. The number of carbonyl (C=O) groups excluding carboxylic acids is 4. The second-order valence-electron chi connectivity index (χ2n) is 28.8. The Labute approximate surface area is 697 Å². The van der Waals surface area contributed by atoms with E-state index in [9.17, 15) is 27.6 Å². The number of hydrogen-bond acceptors (Lipinski definition) is 14. The molecule has 0 aliphatic rings. The van der Waals surface area contributed by atoms with Gasteiger partial charge in [0.2, 0.25) is 9.05 Å². The van der Waals surface area contributed by atoms with E-state index >= 15 is 0 Å². The molecular formula is C89H105BBrClN8NiO12S. The molecule has 0 fully saturated rings. The third kappa shape index (κ3) is 42.2. The minimum Gasteiger partial charge on any atom is -0.444 e. The zero-order valence-electron chi connectivity index (χ0n) is 66.3. The number of halogens is 2. The van der Waals surface area contributed by atoms with Gasteiger partial charge in [-0.3, -0.25) is 21.3 Å². The number of nitrogens with one attached hydrogen (secondary N) is 4. The molecule has 0 bridgehead atoms. The fourth-order valence-corrected chi connectivity index (χ4v) is 9.85. The first-order valence-corrected chi connectivity index (χ1v) is 39.1. The van der Waals surface area contributed by atoms with E-state index in [2.05, 4.69) is 126 Å². The molecule has 606 valence electrons. The summed E-state index contributed by atoms with van der Waals surface area (Å²) in [6, 6.07) is 76.8. The van der Waals surface area contributed by atoms with Crippen LogP contribution < -0.4 is 38.2 Å². The fourth-order valence-electron chi connectivity index (χ4n) is 9.45. The normalized spacial score (nSPS) is 10.5. The monoisotopic (exact) mass is 1690 g/mol. The molecule has 20 nitrogen and oxygen atoms in total. The van der Waals surface area contributed by atoms with E-state index in [1.54, 1.807) is 36.4 Å². The minimum atomic E-state index is -3.19. The predicted molar refractivity (Wildman–Crippen MR) is 468 cm³/mol. The van der Waals surface area contributed by atoms with Crippen molar-refractivity contribution in [2.45, 2.75) is 146 Å². The second-order valence-corrected chi connectivity index (χ2v) is 32.8. The number of hydrogen-bond donors (Lipinski definition) is 8. The Morgan fingerprint density at radius 2 is 0.684 bits per heavy atom. The van der Waals surface area contributed by atoms with Gasteiger partial charge in [-0.2, -0.15) is 0 Å². The van der Waals surface area contributed by atoms with Crippen LogP contribution >= 0.6 is 26.6 Å². The maximum Gasteiger partial charge on any atom is 0.488 e. The van der Waals surface area contributed by atoms with E-state index < -0.39 is 62.9 Å². The molecule has 0 atom stereocenters. The largest absolute Gasteiger partial charge is 0.488 e. The molecule has 10 rings (SSSR count). The van der Waals surface area contributed by atoms with Gasteiger partial charge in [0.05, 0.1) is 19.4 Å². The molecule has 0 unspecified atom stereocenters. The number of nitrogens with zero attached hydrogens (tertiary/aromatic N) is 2. The fraction of sp³-hybridized carbons (Fsp3) is 0.258. The van der Waals surface area contributed by atoms with Gasteiger partial charge in [-0.05, 0) is 229 Å². The molecule has 10 aromatic rings. The van der Waals surface area contributed by atoms with Gasteiger partial charge < -0.3 is 40.5 Å². The first-order chi connectivity index (χ1) is 52.5. The maximum atomic E-state index is 11.8. The summed E-state index contributed by atoms with van der Waals surface area (Å²) < 4.78 is 40.6. The molecule has 0 saturated carbocycles. The van der Waals surface area contributed by atoms with Crippen LogP contribution in [-0.2, 0) is 63.9 Å². The summed E-state index contributed by atoms with van der Waals surface area (Å²) >= 11 is 3.32. The van der Waals surface area contributed by atoms with Crippen molar-refractivity contribution in [3.63, 3.8) is 0 Å². The summed E-state index contributed by atoms with van der Waals surface area (Å²) in [6.07, 6.45) is 1.22. The van der Waals surface area contributed by atoms with Crippen molar-refractivity contribution in [1.29, 1.82) is 0 Å². The van der Waals surface area contributed by atoms with Crippen LogP contribution in [0.1, 0.15) is 121 Å². The van der Waals surface area contributed by atoms with Gasteiger partial charge in [0.1, 0.15) is 22.4 Å². The van der Waals surface area contributed by atoms with E-state index in [0.29, 0.717) is 40.4 Å². The Morgan fingerprint density at radius 3 is 0.939 bits per heavy atom. The molecule has 0 aromatic heterocycles. The number of amides is 4. The van der Waals surface area contributed by atoms with E-state index in [-0.39, 0.29) is 23.9 Å². The summed E-state index contributed by atoms with van der Waals surface area (Å²) in [5.74, 6) is 0.